The van der Waals surface area contributed by atoms with Gasteiger partial charge in [-0.25, -0.2) is 0 Å². The molecule has 50 valence electrons. The average molecular weight is 144 g/mol. The average Bonchev–Trinajstić information content (AvgIpc) is 2.10. The second kappa shape index (κ2) is 2.27. The van der Waals surface area contributed by atoms with Gasteiger partial charge in [0.05, 0.1) is 0 Å². The maximum absolute atomic E-state index is 8.99. The van der Waals surface area contributed by atoms with Crippen LogP contribution in [0.4, 0.5) is 0 Å². The number of aryl methyl sites for hydroxylation is 1. The van der Waals surface area contributed by atoms with Crippen LogP contribution in [0.15, 0.2) is 6.07 Å². The molecular weight excluding hydrogens is 136 g/mol. The third kappa shape index (κ3) is 1.16. The summed E-state index contributed by atoms with van der Waals surface area (Å²) in [5.74, 6) is 0. The lowest BCUT2D eigenvalue weighted by Gasteiger charge is -1.86. The van der Waals surface area contributed by atoms with E-state index in [9.17, 15) is 0 Å². The highest BCUT2D eigenvalue weighted by Gasteiger charge is 2.02. The van der Waals surface area contributed by atoms with Crippen molar-refractivity contribution < 1.29 is 10.2 Å². The van der Waals surface area contributed by atoms with Gasteiger partial charge >= 0.3 is 0 Å². The fourth-order valence-corrected chi connectivity index (χ4v) is 1.39. The molecule has 0 fully saturated rings. The molecule has 0 atom stereocenters. The minimum atomic E-state index is 0.185. The molecule has 1 heterocycles. The lowest BCUT2D eigenvalue weighted by molar-refractivity contribution is 0.484. The Labute approximate surface area is 57.4 Å². The van der Waals surface area contributed by atoms with Crippen molar-refractivity contribution in [2.75, 3.05) is 0 Å². The van der Waals surface area contributed by atoms with E-state index in [2.05, 4.69) is 0 Å². The Morgan fingerprint density at radius 2 is 2.22 bits per heavy atom. The van der Waals surface area contributed by atoms with E-state index in [4.69, 9.17) is 10.2 Å². The summed E-state index contributed by atoms with van der Waals surface area (Å²) in [5.41, 5.74) is 0.817. The first-order valence-electron chi connectivity index (χ1n) is 2.74. The Morgan fingerprint density at radius 1 is 1.56 bits per heavy atom. The van der Waals surface area contributed by atoms with Crippen LogP contribution in [0.5, 0.6) is 10.1 Å². The van der Waals surface area contributed by atoms with Crippen molar-refractivity contribution in [3.63, 3.8) is 0 Å². The second-order valence-corrected chi connectivity index (χ2v) is 2.78. The van der Waals surface area contributed by atoms with Crippen molar-refractivity contribution in [2.45, 2.75) is 13.3 Å². The van der Waals surface area contributed by atoms with Crippen molar-refractivity contribution in [1.29, 1.82) is 0 Å². The zero-order valence-electron chi connectivity index (χ0n) is 5.09. The topological polar surface area (TPSA) is 40.5 Å². The Kier molecular flexibility index (Phi) is 1.62. The molecule has 2 N–H and O–H groups in total. The molecule has 0 radical (unpaired) electrons. The summed E-state index contributed by atoms with van der Waals surface area (Å²) in [7, 11) is 0. The van der Waals surface area contributed by atoms with E-state index in [1.165, 1.54) is 0 Å². The van der Waals surface area contributed by atoms with Gasteiger partial charge in [-0.3, -0.25) is 0 Å². The van der Waals surface area contributed by atoms with Crippen molar-refractivity contribution in [3.8, 4) is 10.1 Å². The summed E-state index contributed by atoms with van der Waals surface area (Å²) >= 11 is 1.00. The van der Waals surface area contributed by atoms with Crippen molar-refractivity contribution in [2.24, 2.45) is 0 Å². The van der Waals surface area contributed by atoms with Gasteiger partial charge in [-0.1, -0.05) is 18.3 Å². The van der Waals surface area contributed by atoms with Gasteiger partial charge in [0.15, 0.2) is 10.1 Å². The normalized spacial score (nSPS) is 9.89. The van der Waals surface area contributed by atoms with Gasteiger partial charge in [-0.15, -0.1) is 0 Å². The predicted octanol–water partition coefficient (Wildman–Crippen LogP) is 1.72. The molecule has 0 aromatic carbocycles. The molecule has 1 rings (SSSR count). The standard InChI is InChI=1S/C6H8O2S/c1-2-4-3-5(7)9-6(4)8/h3,7-8H,2H2,1H3. The van der Waals surface area contributed by atoms with E-state index in [1.54, 1.807) is 6.07 Å². The van der Waals surface area contributed by atoms with E-state index in [0.717, 1.165) is 23.3 Å². The summed E-state index contributed by atoms with van der Waals surface area (Å²) < 4.78 is 0. The summed E-state index contributed by atoms with van der Waals surface area (Å²) in [4.78, 5) is 0. The molecule has 0 saturated carbocycles. The third-order valence-electron chi connectivity index (χ3n) is 1.15. The number of hydrogen-bond donors (Lipinski definition) is 2. The van der Waals surface area contributed by atoms with E-state index in [0.29, 0.717) is 0 Å². The minimum absolute atomic E-state index is 0.185. The zero-order chi connectivity index (χ0) is 6.85. The third-order valence-corrected chi connectivity index (χ3v) is 1.94. The van der Waals surface area contributed by atoms with Gasteiger partial charge in [-0.2, -0.15) is 0 Å². The van der Waals surface area contributed by atoms with Gasteiger partial charge in [0.25, 0.3) is 0 Å². The second-order valence-electron chi connectivity index (χ2n) is 1.77. The molecule has 1 aromatic heterocycles. The van der Waals surface area contributed by atoms with Crippen LogP contribution in [-0.2, 0) is 6.42 Å². The first kappa shape index (κ1) is 6.42. The van der Waals surface area contributed by atoms with Crippen molar-refractivity contribution in [1.82, 2.24) is 0 Å². The number of rotatable bonds is 1. The van der Waals surface area contributed by atoms with Gasteiger partial charge < -0.3 is 10.2 Å². The summed E-state index contributed by atoms with van der Waals surface area (Å²) in [6, 6.07) is 1.58. The maximum Gasteiger partial charge on any atom is 0.177 e. The predicted molar refractivity (Wildman–Crippen MR) is 37.0 cm³/mol. The summed E-state index contributed by atoms with van der Waals surface area (Å²) in [6.07, 6.45) is 0.767. The van der Waals surface area contributed by atoms with E-state index in [-0.39, 0.29) is 10.1 Å². The molecular formula is C6H8O2S. The van der Waals surface area contributed by atoms with Crippen LogP contribution in [0.1, 0.15) is 12.5 Å². The molecule has 9 heavy (non-hydrogen) atoms. The summed E-state index contributed by atoms with van der Waals surface area (Å²) in [6.45, 7) is 1.93. The highest BCUT2D eigenvalue weighted by Crippen LogP contribution is 2.33. The van der Waals surface area contributed by atoms with E-state index in [1.807, 2.05) is 6.92 Å². The first-order valence-corrected chi connectivity index (χ1v) is 3.56. The smallest absolute Gasteiger partial charge is 0.177 e. The largest absolute Gasteiger partial charge is 0.499 e. The molecule has 1 aromatic rings. The molecule has 2 nitrogen and oxygen atoms in total. The fraction of sp³-hybridized carbons (Fsp3) is 0.333. The SMILES string of the molecule is CCc1cc(O)sc1O. The molecule has 3 heteroatoms. The maximum atomic E-state index is 8.99. The zero-order valence-corrected chi connectivity index (χ0v) is 5.90. The number of aromatic hydroxyl groups is 2. The number of thiophene rings is 1. The molecule has 0 amide bonds. The highest BCUT2D eigenvalue weighted by atomic mass is 32.1. The van der Waals surface area contributed by atoms with Crippen LogP contribution in [-0.4, -0.2) is 10.2 Å². The molecule has 0 aliphatic carbocycles. The van der Waals surface area contributed by atoms with Gasteiger partial charge in [0.1, 0.15) is 0 Å². The van der Waals surface area contributed by atoms with E-state index < -0.39 is 0 Å². The Morgan fingerprint density at radius 3 is 2.44 bits per heavy atom. The monoisotopic (exact) mass is 144 g/mol. The number of hydrogen-bond acceptors (Lipinski definition) is 3. The van der Waals surface area contributed by atoms with Crippen LogP contribution in [0, 0.1) is 0 Å². The Balaban J connectivity index is 3.01. The summed E-state index contributed by atoms with van der Waals surface area (Å²) in [5, 5.41) is 18.2. The van der Waals surface area contributed by atoms with Crippen molar-refractivity contribution >= 4 is 11.3 Å². The highest BCUT2D eigenvalue weighted by molar-refractivity contribution is 7.15. The molecule has 0 unspecified atom stereocenters. The fourth-order valence-electron chi connectivity index (χ4n) is 0.658. The molecule has 0 spiro atoms. The Hall–Kier alpha value is -0.700. The van der Waals surface area contributed by atoms with Gasteiger partial charge in [-0.05, 0) is 12.5 Å². The first-order chi connectivity index (χ1) is 4.24. The van der Waals surface area contributed by atoms with Gasteiger partial charge in [0, 0.05) is 5.56 Å². The van der Waals surface area contributed by atoms with Crippen LogP contribution in [0.3, 0.4) is 0 Å². The quantitative estimate of drug-likeness (QED) is 0.630. The van der Waals surface area contributed by atoms with Gasteiger partial charge in [0.2, 0.25) is 0 Å². The molecule has 0 bridgehead atoms. The van der Waals surface area contributed by atoms with E-state index >= 15 is 0 Å². The van der Waals surface area contributed by atoms with Crippen molar-refractivity contribution in [3.05, 3.63) is 11.6 Å². The minimum Gasteiger partial charge on any atom is -0.499 e. The lowest BCUT2D eigenvalue weighted by atomic mass is 10.3. The lowest BCUT2D eigenvalue weighted by Crippen LogP contribution is -1.70. The van der Waals surface area contributed by atoms with Crippen LogP contribution < -0.4 is 0 Å². The van der Waals surface area contributed by atoms with Crippen LogP contribution in [0.2, 0.25) is 0 Å². The van der Waals surface area contributed by atoms with Crippen LogP contribution >= 0.6 is 11.3 Å². The molecule has 0 saturated heterocycles. The molecule has 0 aliphatic rings. The van der Waals surface area contributed by atoms with Crippen LogP contribution in [0.25, 0.3) is 0 Å². The molecule has 0 aliphatic heterocycles. The Bertz CT molecular complexity index is 205.